The number of carbonyl (C=O) groups is 4. The summed E-state index contributed by atoms with van der Waals surface area (Å²) < 4.78 is 10.2. The van der Waals surface area contributed by atoms with Crippen LogP contribution in [0.1, 0.15) is 54.7 Å². The van der Waals surface area contributed by atoms with Crippen molar-refractivity contribution in [1.29, 1.82) is 0 Å². The van der Waals surface area contributed by atoms with Gasteiger partial charge in [0.15, 0.2) is 0 Å². The molecule has 0 aliphatic heterocycles. The molecule has 2 aromatic rings. The summed E-state index contributed by atoms with van der Waals surface area (Å²) >= 11 is 0. The monoisotopic (exact) mass is 512 g/mol. The van der Waals surface area contributed by atoms with E-state index in [1.165, 1.54) is 19.1 Å². The zero-order valence-electron chi connectivity index (χ0n) is 22.2. The third-order valence-electron chi connectivity index (χ3n) is 5.81. The zero-order valence-corrected chi connectivity index (χ0v) is 22.2. The molecule has 0 heterocycles. The molecule has 2 rings (SSSR count). The first-order chi connectivity index (χ1) is 17.3. The molecule has 200 valence electrons. The summed E-state index contributed by atoms with van der Waals surface area (Å²) in [4.78, 5) is 49.6. The smallest absolute Gasteiger partial charge is 0.410 e. The van der Waals surface area contributed by atoms with Crippen molar-refractivity contribution in [1.82, 2.24) is 10.2 Å². The molecule has 0 aromatic heterocycles. The van der Waals surface area contributed by atoms with Crippen LogP contribution in [0, 0.1) is 0 Å². The number of nitrogens with zero attached hydrogens (tertiary/aromatic N) is 1. The Labute approximate surface area is 217 Å². The summed E-state index contributed by atoms with van der Waals surface area (Å²) in [6.45, 7) is 6.76. The molecule has 2 amide bonds. The van der Waals surface area contributed by atoms with E-state index in [-0.39, 0.29) is 12.0 Å². The summed E-state index contributed by atoms with van der Waals surface area (Å²) in [7, 11) is 2.72. The van der Waals surface area contributed by atoms with Gasteiger partial charge in [0.1, 0.15) is 17.7 Å². The zero-order chi connectivity index (χ0) is 27.8. The average molecular weight is 513 g/mol. The number of nitrogens with one attached hydrogen (secondary N) is 1. The lowest BCUT2D eigenvalue weighted by Gasteiger charge is -2.29. The van der Waals surface area contributed by atoms with Crippen LogP contribution in [-0.4, -0.2) is 65.8 Å². The Morgan fingerprint density at radius 3 is 1.86 bits per heavy atom. The highest BCUT2D eigenvalue weighted by atomic mass is 16.6. The normalized spacial score (nSPS) is 12.7. The Kier molecular flexibility index (Phi) is 10.2. The topological polar surface area (TPSA) is 122 Å². The summed E-state index contributed by atoms with van der Waals surface area (Å²) in [6, 6.07) is 12.7. The molecule has 37 heavy (non-hydrogen) atoms. The van der Waals surface area contributed by atoms with Gasteiger partial charge in [-0.25, -0.2) is 14.4 Å². The molecule has 1 unspecified atom stereocenters. The fourth-order valence-corrected chi connectivity index (χ4v) is 3.48. The number of hydrogen-bond donors (Lipinski definition) is 2. The number of amides is 2. The van der Waals surface area contributed by atoms with E-state index in [9.17, 15) is 19.2 Å². The summed E-state index contributed by atoms with van der Waals surface area (Å²) in [5.74, 6) is -2.04. The predicted octanol–water partition coefficient (Wildman–Crippen LogP) is 3.63. The SMILES string of the molecule is COC(=O)C(Cc1ccc(CCc2ccc(C(=O)O)cc2)cc1)NC(=O)[C@H](C)N(C)C(=O)OC(C)(C)C. The highest BCUT2D eigenvalue weighted by Gasteiger charge is 2.30. The number of hydrogen-bond acceptors (Lipinski definition) is 6. The van der Waals surface area contributed by atoms with Gasteiger partial charge >= 0.3 is 18.0 Å². The van der Waals surface area contributed by atoms with Crippen LogP contribution >= 0.6 is 0 Å². The minimum absolute atomic E-state index is 0.220. The molecule has 0 fully saturated rings. The molecule has 0 bridgehead atoms. The fourth-order valence-electron chi connectivity index (χ4n) is 3.48. The number of carboxylic acid groups (broad SMARTS) is 1. The lowest BCUT2D eigenvalue weighted by Crippen LogP contribution is -2.52. The molecule has 9 nitrogen and oxygen atoms in total. The fraction of sp³-hybridized carbons (Fsp3) is 0.429. The minimum Gasteiger partial charge on any atom is -0.478 e. The molecule has 0 radical (unpaired) electrons. The third kappa shape index (κ3) is 9.25. The Morgan fingerprint density at radius 1 is 0.919 bits per heavy atom. The minimum atomic E-state index is -0.951. The number of esters is 1. The number of aryl methyl sites for hydroxylation is 2. The van der Waals surface area contributed by atoms with Crippen LogP contribution in [0.15, 0.2) is 48.5 Å². The van der Waals surface area contributed by atoms with Gasteiger partial charge in [0, 0.05) is 13.5 Å². The first-order valence-corrected chi connectivity index (χ1v) is 12.0. The molecule has 0 aliphatic rings. The molecule has 0 saturated carbocycles. The van der Waals surface area contributed by atoms with Gasteiger partial charge in [-0.1, -0.05) is 36.4 Å². The average Bonchev–Trinajstić information content (AvgIpc) is 2.85. The molecular weight excluding hydrogens is 476 g/mol. The quantitative estimate of drug-likeness (QED) is 0.466. The predicted molar refractivity (Wildman–Crippen MR) is 138 cm³/mol. The van der Waals surface area contributed by atoms with Crippen molar-refractivity contribution in [2.24, 2.45) is 0 Å². The molecular formula is C28H36N2O7. The number of benzene rings is 2. The highest BCUT2D eigenvalue weighted by Crippen LogP contribution is 2.14. The van der Waals surface area contributed by atoms with Gasteiger partial charge in [0.2, 0.25) is 5.91 Å². The third-order valence-corrected chi connectivity index (χ3v) is 5.81. The van der Waals surface area contributed by atoms with Crippen molar-refractivity contribution in [3.05, 3.63) is 70.8 Å². The Hall–Kier alpha value is -3.88. The molecule has 2 aromatic carbocycles. The second-order valence-corrected chi connectivity index (χ2v) is 9.87. The van der Waals surface area contributed by atoms with E-state index in [2.05, 4.69) is 5.32 Å². The van der Waals surface area contributed by atoms with E-state index in [0.717, 1.165) is 29.5 Å². The molecule has 0 spiro atoms. The van der Waals surface area contributed by atoms with Crippen LogP contribution in [-0.2, 0) is 38.3 Å². The molecule has 2 N–H and O–H groups in total. The maximum absolute atomic E-state index is 12.8. The lowest BCUT2D eigenvalue weighted by molar-refractivity contribution is -0.145. The largest absolute Gasteiger partial charge is 0.478 e. The molecule has 2 atom stereocenters. The number of ether oxygens (including phenoxy) is 2. The van der Waals surface area contributed by atoms with Crippen LogP contribution in [0.5, 0.6) is 0 Å². The summed E-state index contributed by atoms with van der Waals surface area (Å²) in [6.07, 6.45) is 1.10. The van der Waals surface area contributed by atoms with E-state index < -0.39 is 41.6 Å². The summed E-state index contributed by atoms with van der Waals surface area (Å²) in [5, 5.41) is 11.7. The van der Waals surface area contributed by atoms with Crippen molar-refractivity contribution in [3.63, 3.8) is 0 Å². The van der Waals surface area contributed by atoms with Crippen LogP contribution < -0.4 is 5.32 Å². The number of methoxy groups -OCH3 is 1. The Balaban J connectivity index is 1.99. The van der Waals surface area contributed by atoms with Gasteiger partial charge < -0.3 is 19.9 Å². The highest BCUT2D eigenvalue weighted by molar-refractivity contribution is 5.89. The summed E-state index contributed by atoms with van der Waals surface area (Å²) in [5.41, 5.74) is 2.50. The molecule has 0 saturated heterocycles. The van der Waals surface area contributed by atoms with Gasteiger partial charge in [-0.2, -0.15) is 0 Å². The number of aromatic carboxylic acids is 1. The van der Waals surface area contributed by atoms with E-state index in [0.29, 0.717) is 0 Å². The number of rotatable bonds is 10. The van der Waals surface area contributed by atoms with Gasteiger partial charge in [-0.3, -0.25) is 9.69 Å². The van der Waals surface area contributed by atoms with Crippen molar-refractivity contribution in [3.8, 4) is 0 Å². The first-order valence-electron chi connectivity index (χ1n) is 12.0. The van der Waals surface area contributed by atoms with Gasteiger partial charge in [0.05, 0.1) is 12.7 Å². The maximum Gasteiger partial charge on any atom is 0.410 e. The standard InChI is InChI=1S/C28H36N2O7/c1-18(30(5)27(35)37-28(2,3)4)24(31)29-23(26(34)36-6)17-21-11-9-19(10-12-21)7-8-20-13-15-22(16-14-20)25(32)33/h9-16,18,23H,7-8,17H2,1-6H3,(H,29,31)(H,32,33)/t18-,23?/m0/s1. The second-order valence-electron chi connectivity index (χ2n) is 9.87. The Morgan fingerprint density at radius 2 is 1.41 bits per heavy atom. The number of carboxylic acids is 1. The number of likely N-dealkylation sites (N-methyl/N-ethyl adjacent to an activating group) is 1. The van der Waals surface area contributed by atoms with Crippen molar-refractivity contribution in [2.45, 2.75) is 64.6 Å². The van der Waals surface area contributed by atoms with Crippen molar-refractivity contribution >= 4 is 23.9 Å². The lowest BCUT2D eigenvalue weighted by atomic mass is 10.00. The van der Waals surface area contributed by atoms with E-state index in [1.54, 1.807) is 39.8 Å². The van der Waals surface area contributed by atoms with Crippen LogP contribution in [0.4, 0.5) is 4.79 Å². The number of carbonyl (C=O) groups excluding carboxylic acids is 3. The molecule has 0 aliphatic carbocycles. The van der Waals surface area contributed by atoms with Gasteiger partial charge in [0.25, 0.3) is 0 Å². The van der Waals surface area contributed by atoms with Crippen LogP contribution in [0.3, 0.4) is 0 Å². The second kappa shape index (κ2) is 12.9. The van der Waals surface area contributed by atoms with Crippen molar-refractivity contribution < 1.29 is 33.8 Å². The van der Waals surface area contributed by atoms with Crippen LogP contribution in [0.2, 0.25) is 0 Å². The van der Waals surface area contributed by atoms with E-state index in [4.69, 9.17) is 14.6 Å². The van der Waals surface area contributed by atoms with Gasteiger partial charge in [-0.15, -0.1) is 0 Å². The first kappa shape index (κ1) is 29.4. The van der Waals surface area contributed by atoms with E-state index >= 15 is 0 Å². The Bertz CT molecular complexity index is 1090. The van der Waals surface area contributed by atoms with E-state index in [1.807, 2.05) is 36.4 Å². The molecule has 9 heteroatoms. The van der Waals surface area contributed by atoms with Crippen LogP contribution in [0.25, 0.3) is 0 Å². The van der Waals surface area contributed by atoms with Gasteiger partial charge in [-0.05, 0) is 69.4 Å². The maximum atomic E-state index is 12.8. The van der Waals surface area contributed by atoms with Crippen molar-refractivity contribution in [2.75, 3.05) is 14.2 Å².